The van der Waals surface area contributed by atoms with Gasteiger partial charge in [-0.05, 0) is 24.1 Å². The van der Waals surface area contributed by atoms with Gasteiger partial charge < -0.3 is 15.7 Å². The van der Waals surface area contributed by atoms with E-state index in [9.17, 15) is 19.1 Å². The largest absolute Gasteiger partial charge is 0.392 e. The maximum atomic E-state index is 13.3. The van der Waals surface area contributed by atoms with Gasteiger partial charge in [0.2, 0.25) is 0 Å². The molecule has 23 heavy (non-hydrogen) atoms. The molecule has 1 unspecified atom stereocenters. The smallest absolute Gasteiger partial charge is 0.313 e. The molecule has 0 fully saturated rings. The fourth-order valence-electron chi connectivity index (χ4n) is 2.16. The van der Waals surface area contributed by atoms with Crippen LogP contribution in [0.5, 0.6) is 0 Å². The molecule has 128 valence electrons. The average molecular weight is 345 g/mol. The number of carbonyl (C=O) groups is 2. The summed E-state index contributed by atoms with van der Waals surface area (Å²) in [4.78, 5) is 23.6. The zero-order valence-corrected chi connectivity index (χ0v) is 14.4. The molecule has 0 spiro atoms. The number of aliphatic hydroxyl groups is 1. The van der Waals surface area contributed by atoms with Crippen LogP contribution in [-0.4, -0.2) is 29.6 Å². The van der Waals surface area contributed by atoms with Crippen molar-refractivity contribution in [3.63, 3.8) is 0 Å². The van der Waals surface area contributed by atoms with Gasteiger partial charge in [0.1, 0.15) is 5.82 Å². The van der Waals surface area contributed by atoms with Crippen LogP contribution in [0.3, 0.4) is 0 Å². The zero-order valence-electron chi connectivity index (χ0n) is 13.6. The molecule has 2 amide bonds. The standard InChI is InChI=1S/C16H22ClFN2O3/c1-9(2)13(21)16(3,4)8-19-14(22)15(23)20-10-5-6-11(17)12(18)7-10/h5-7,9,13,21H,8H2,1-4H3,(H,19,22)(H,20,23). The van der Waals surface area contributed by atoms with Gasteiger partial charge >= 0.3 is 11.8 Å². The number of rotatable bonds is 5. The van der Waals surface area contributed by atoms with E-state index in [2.05, 4.69) is 10.6 Å². The fourth-order valence-corrected chi connectivity index (χ4v) is 2.27. The number of aliphatic hydroxyl groups excluding tert-OH is 1. The van der Waals surface area contributed by atoms with Crippen LogP contribution in [0.2, 0.25) is 5.02 Å². The molecular formula is C16H22ClFN2O3. The van der Waals surface area contributed by atoms with Gasteiger partial charge in [-0.2, -0.15) is 0 Å². The topological polar surface area (TPSA) is 78.4 Å². The minimum Gasteiger partial charge on any atom is -0.392 e. The normalized spacial score (nSPS) is 12.9. The zero-order chi connectivity index (χ0) is 17.8. The maximum Gasteiger partial charge on any atom is 0.313 e. The molecule has 0 aliphatic rings. The van der Waals surface area contributed by atoms with Crippen molar-refractivity contribution in [1.82, 2.24) is 5.32 Å². The van der Waals surface area contributed by atoms with E-state index in [0.29, 0.717) is 0 Å². The van der Waals surface area contributed by atoms with E-state index in [1.165, 1.54) is 12.1 Å². The lowest BCUT2D eigenvalue weighted by Gasteiger charge is -2.33. The summed E-state index contributed by atoms with van der Waals surface area (Å²) in [7, 11) is 0. The SMILES string of the molecule is CC(C)C(O)C(C)(C)CNC(=O)C(=O)Nc1ccc(Cl)c(F)c1. The molecule has 7 heteroatoms. The van der Waals surface area contributed by atoms with Crippen molar-refractivity contribution >= 4 is 29.1 Å². The Morgan fingerprint density at radius 1 is 1.30 bits per heavy atom. The molecule has 0 saturated heterocycles. The summed E-state index contributed by atoms with van der Waals surface area (Å²) in [5.74, 6) is -2.44. The van der Waals surface area contributed by atoms with Crippen LogP contribution in [-0.2, 0) is 9.59 Å². The summed E-state index contributed by atoms with van der Waals surface area (Å²) in [6, 6.07) is 3.70. The number of hydrogen-bond acceptors (Lipinski definition) is 3. The van der Waals surface area contributed by atoms with Crippen LogP contribution in [0.15, 0.2) is 18.2 Å². The first-order chi connectivity index (χ1) is 10.5. The first-order valence-electron chi connectivity index (χ1n) is 7.27. The summed E-state index contributed by atoms with van der Waals surface area (Å²) < 4.78 is 13.3. The minimum atomic E-state index is -0.915. The Hall–Kier alpha value is -1.66. The number of carbonyl (C=O) groups excluding carboxylic acids is 2. The molecule has 0 aliphatic heterocycles. The minimum absolute atomic E-state index is 0.0211. The van der Waals surface area contributed by atoms with Gasteiger partial charge in [-0.15, -0.1) is 0 Å². The molecule has 1 atom stereocenters. The summed E-state index contributed by atoms with van der Waals surface area (Å²) >= 11 is 5.54. The van der Waals surface area contributed by atoms with Gasteiger partial charge in [0, 0.05) is 17.6 Å². The highest BCUT2D eigenvalue weighted by atomic mass is 35.5. The highest BCUT2D eigenvalue weighted by Gasteiger charge is 2.31. The highest BCUT2D eigenvalue weighted by Crippen LogP contribution is 2.25. The van der Waals surface area contributed by atoms with Crippen molar-refractivity contribution in [1.29, 1.82) is 0 Å². The highest BCUT2D eigenvalue weighted by molar-refractivity contribution is 6.39. The third-order valence-corrected chi connectivity index (χ3v) is 3.83. The van der Waals surface area contributed by atoms with E-state index in [1.807, 2.05) is 13.8 Å². The van der Waals surface area contributed by atoms with Crippen LogP contribution < -0.4 is 10.6 Å². The predicted octanol–water partition coefficient (Wildman–Crippen LogP) is 2.58. The van der Waals surface area contributed by atoms with E-state index < -0.39 is 29.2 Å². The molecule has 1 aromatic rings. The van der Waals surface area contributed by atoms with E-state index in [-0.39, 0.29) is 23.2 Å². The monoisotopic (exact) mass is 344 g/mol. The lowest BCUT2D eigenvalue weighted by atomic mass is 9.81. The van der Waals surface area contributed by atoms with Crippen molar-refractivity contribution in [2.45, 2.75) is 33.8 Å². The molecule has 0 bridgehead atoms. The van der Waals surface area contributed by atoms with Gasteiger partial charge in [-0.1, -0.05) is 39.3 Å². The predicted molar refractivity (Wildman–Crippen MR) is 87.7 cm³/mol. The van der Waals surface area contributed by atoms with Gasteiger partial charge in [0.05, 0.1) is 11.1 Å². The summed E-state index contributed by atoms with van der Waals surface area (Å²) in [5.41, 5.74) is -0.454. The molecular weight excluding hydrogens is 323 g/mol. The molecule has 5 nitrogen and oxygen atoms in total. The molecule has 3 N–H and O–H groups in total. The number of halogens is 2. The summed E-state index contributed by atoms with van der Waals surface area (Å²) in [5, 5.41) is 14.8. The molecule has 0 radical (unpaired) electrons. The third-order valence-electron chi connectivity index (χ3n) is 3.52. The van der Waals surface area contributed by atoms with Crippen LogP contribution in [0.25, 0.3) is 0 Å². The Balaban J connectivity index is 2.60. The van der Waals surface area contributed by atoms with Gasteiger partial charge in [0.25, 0.3) is 0 Å². The lowest BCUT2D eigenvalue weighted by Crippen LogP contribution is -2.46. The molecule has 1 aromatic carbocycles. The van der Waals surface area contributed by atoms with Gasteiger partial charge in [-0.3, -0.25) is 9.59 Å². The second-order valence-corrected chi connectivity index (χ2v) is 6.85. The summed E-state index contributed by atoms with van der Waals surface area (Å²) in [6.45, 7) is 7.47. The Bertz CT molecular complexity index is 591. The van der Waals surface area contributed by atoms with E-state index >= 15 is 0 Å². The van der Waals surface area contributed by atoms with E-state index in [4.69, 9.17) is 11.6 Å². The number of amides is 2. The second-order valence-electron chi connectivity index (χ2n) is 6.44. The molecule has 0 saturated carbocycles. The molecule has 1 rings (SSSR count). The Morgan fingerprint density at radius 2 is 1.91 bits per heavy atom. The van der Waals surface area contributed by atoms with Crippen molar-refractivity contribution in [3.05, 3.63) is 29.0 Å². The molecule has 0 aromatic heterocycles. The first kappa shape index (κ1) is 19.4. The molecule has 0 heterocycles. The van der Waals surface area contributed by atoms with Crippen LogP contribution in [0.4, 0.5) is 10.1 Å². The number of nitrogens with one attached hydrogen (secondary N) is 2. The number of anilines is 1. The van der Waals surface area contributed by atoms with Crippen molar-refractivity contribution in [3.8, 4) is 0 Å². The second kappa shape index (κ2) is 7.75. The van der Waals surface area contributed by atoms with Crippen molar-refractivity contribution in [2.75, 3.05) is 11.9 Å². The summed E-state index contributed by atoms with van der Waals surface area (Å²) in [6.07, 6.45) is -0.628. The first-order valence-corrected chi connectivity index (χ1v) is 7.64. The van der Waals surface area contributed by atoms with Crippen LogP contribution >= 0.6 is 11.6 Å². The fraction of sp³-hybridized carbons (Fsp3) is 0.500. The van der Waals surface area contributed by atoms with Crippen LogP contribution in [0, 0.1) is 17.2 Å². The Morgan fingerprint density at radius 3 is 2.43 bits per heavy atom. The van der Waals surface area contributed by atoms with Gasteiger partial charge in [-0.25, -0.2) is 4.39 Å². The number of benzene rings is 1. The molecule has 0 aliphatic carbocycles. The average Bonchev–Trinajstić information content (AvgIpc) is 2.47. The Labute approximate surface area is 140 Å². The van der Waals surface area contributed by atoms with E-state index in [0.717, 1.165) is 6.07 Å². The third kappa shape index (κ3) is 5.48. The maximum absolute atomic E-state index is 13.3. The Kier molecular flexibility index (Phi) is 6.53. The van der Waals surface area contributed by atoms with Crippen molar-refractivity contribution in [2.24, 2.45) is 11.3 Å². The van der Waals surface area contributed by atoms with Crippen LogP contribution in [0.1, 0.15) is 27.7 Å². The van der Waals surface area contributed by atoms with Crippen molar-refractivity contribution < 1.29 is 19.1 Å². The lowest BCUT2D eigenvalue weighted by molar-refractivity contribution is -0.136. The quantitative estimate of drug-likeness (QED) is 0.718. The van der Waals surface area contributed by atoms with Gasteiger partial charge in [0.15, 0.2) is 0 Å². The number of hydrogen-bond donors (Lipinski definition) is 3. The van der Waals surface area contributed by atoms with E-state index in [1.54, 1.807) is 13.8 Å².